The molecule has 0 saturated heterocycles. The molecule has 2 rings (SSSR count). The molecule has 118 valence electrons. The van der Waals surface area contributed by atoms with Gasteiger partial charge in [0.25, 0.3) is 10.0 Å². The number of benzene rings is 2. The third kappa shape index (κ3) is 3.72. The summed E-state index contributed by atoms with van der Waals surface area (Å²) in [4.78, 5) is -0.0683. The molecule has 9 heteroatoms. The van der Waals surface area contributed by atoms with E-state index in [4.69, 9.17) is 0 Å². The lowest BCUT2D eigenvalue weighted by Crippen LogP contribution is -2.13. The highest BCUT2D eigenvalue weighted by atomic mass is 79.9. The summed E-state index contributed by atoms with van der Waals surface area (Å²) >= 11 is 3.13. The van der Waals surface area contributed by atoms with Crippen LogP contribution >= 0.6 is 15.9 Å². The van der Waals surface area contributed by atoms with E-state index < -0.39 is 27.5 Å². The molecule has 0 radical (unpaired) electrons. The van der Waals surface area contributed by atoms with Crippen molar-refractivity contribution in [1.82, 2.24) is 0 Å². The number of rotatable bonds is 3. The second-order valence-electron chi connectivity index (χ2n) is 4.29. The van der Waals surface area contributed by atoms with Crippen molar-refractivity contribution < 1.29 is 26.7 Å². The molecule has 2 aromatic carbocycles. The number of halogens is 4. The van der Waals surface area contributed by atoms with Crippen molar-refractivity contribution in [3.05, 3.63) is 52.5 Å². The van der Waals surface area contributed by atoms with Gasteiger partial charge in [-0.25, -0.2) is 8.42 Å². The Bertz CT molecular complexity index is 806. The lowest BCUT2D eigenvalue weighted by Gasteiger charge is -2.12. The van der Waals surface area contributed by atoms with Crippen LogP contribution in [0.3, 0.4) is 0 Å². The minimum Gasteiger partial charge on any atom is -0.507 e. The maximum atomic E-state index is 12.5. The van der Waals surface area contributed by atoms with Crippen LogP contribution in [-0.4, -0.2) is 13.5 Å². The number of aromatic hydroxyl groups is 1. The molecule has 0 bridgehead atoms. The molecule has 0 aliphatic heterocycles. The van der Waals surface area contributed by atoms with Crippen LogP contribution in [0.15, 0.2) is 51.8 Å². The summed E-state index contributed by atoms with van der Waals surface area (Å²) < 4.78 is 64.4. The van der Waals surface area contributed by atoms with Gasteiger partial charge in [-0.05, 0) is 30.3 Å². The Labute approximate surface area is 132 Å². The van der Waals surface area contributed by atoms with E-state index in [-0.39, 0.29) is 10.6 Å². The van der Waals surface area contributed by atoms with Crippen molar-refractivity contribution in [3.8, 4) is 5.75 Å². The Hall–Kier alpha value is -1.74. The average Bonchev–Trinajstić information content (AvgIpc) is 2.36. The number of anilines is 1. The van der Waals surface area contributed by atoms with Gasteiger partial charge in [0, 0.05) is 10.5 Å². The molecule has 0 aliphatic carbocycles. The highest BCUT2D eigenvalue weighted by molar-refractivity contribution is 9.10. The average molecular weight is 396 g/mol. The first kappa shape index (κ1) is 16.6. The van der Waals surface area contributed by atoms with Gasteiger partial charge in [0.1, 0.15) is 5.75 Å². The SMILES string of the molecule is O=S(=O)(Nc1ccc(C(F)(F)F)c(O)c1)c1cccc(Br)c1. The van der Waals surface area contributed by atoms with E-state index in [0.717, 1.165) is 6.07 Å². The first-order chi connectivity index (χ1) is 10.1. The third-order valence-electron chi connectivity index (χ3n) is 2.66. The number of phenols is 1. The zero-order valence-electron chi connectivity index (χ0n) is 10.7. The number of hydrogen-bond donors (Lipinski definition) is 2. The summed E-state index contributed by atoms with van der Waals surface area (Å²) in [6.45, 7) is 0. The van der Waals surface area contributed by atoms with Crippen LogP contribution in [0.4, 0.5) is 18.9 Å². The molecule has 0 atom stereocenters. The van der Waals surface area contributed by atoms with Gasteiger partial charge in [0.2, 0.25) is 0 Å². The second-order valence-corrected chi connectivity index (χ2v) is 6.89. The van der Waals surface area contributed by atoms with Crippen molar-refractivity contribution >= 4 is 31.6 Å². The predicted molar refractivity (Wildman–Crippen MR) is 78.1 cm³/mol. The molecular weight excluding hydrogens is 387 g/mol. The van der Waals surface area contributed by atoms with Crippen molar-refractivity contribution in [2.24, 2.45) is 0 Å². The van der Waals surface area contributed by atoms with Gasteiger partial charge < -0.3 is 5.11 Å². The van der Waals surface area contributed by atoms with Crippen LogP contribution in [0.25, 0.3) is 0 Å². The molecule has 4 nitrogen and oxygen atoms in total. The van der Waals surface area contributed by atoms with Gasteiger partial charge in [-0.15, -0.1) is 0 Å². The molecule has 0 aromatic heterocycles. The highest BCUT2D eigenvalue weighted by Gasteiger charge is 2.33. The number of alkyl halides is 3. The maximum absolute atomic E-state index is 12.5. The zero-order chi connectivity index (χ0) is 16.5. The van der Waals surface area contributed by atoms with E-state index in [0.29, 0.717) is 16.6 Å². The summed E-state index contributed by atoms with van der Waals surface area (Å²) in [7, 11) is -3.97. The fourth-order valence-corrected chi connectivity index (χ4v) is 3.33. The molecule has 0 aliphatic rings. The fourth-order valence-electron chi connectivity index (χ4n) is 1.68. The Morgan fingerprint density at radius 2 is 1.77 bits per heavy atom. The normalized spacial score (nSPS) is 12.2. The van der Waals surface area contributed by atoms with Crippen LogP contribution < -0.4 is 4.72 Å². The Morgan fingerprint density at radius 1 is 1.09 bits per heavy atom. The number of nitrogens with one attached hydrogen (secondary N) is 1. The van der Waals surface area contributed by atoms with Crippen molar-refractivity contribution in [1.29, 1.82) is 0 Å². The van der Waals surface area contributed by atoms with Gasteiger partial charge in [0.15, 0.2) is 0 Å². The number of hydrogen-bond acceptors (Lipinski definition) is 3. The summed E-state index contributed by atoms with van der Waals surface area (Å²) in [5, 5.41) is 9.38. The van der Waals surface area contributed by atoms with Crippen LogP contribution in [-0.2, 0) is 16.2 Å². The van der Waals surface area contributed by atoms with Crippen molar-refractivity contribution in [2.45, 2.75) is 11.1 Å². The summed E-state index contributed by atoms with van der Waals surface area (Å²) in [6.07, 6.45) is -4.72. The van der Waals surface area contributed by atoms with E-state index in [1.807, 2.05) is 0 Å². The highest BCUT2D eigenvalue weighted by Crippen LogP contribution is 2.37. The summed E-state index contributed by atoms with van der Waals surface area (Å²) in [6, 6.07) is 8.04. The molecule has 0 heterocycles. The first-order valence-corrected chi connectivity index (χ1v) is 8.06. The van der Waals surface area contributed by atoms with Crippen molar-refractivity contribution in [3.63, 3.8) is 0 Å². The lowest BCUT2D eigenvalue weighted by atomic mass is 10.2. The second kappa shape index (κ2) is 5.81. The molecule has 0 fully saturated rings. The van der Waals surface area contributed by atoms with Crippen LogP contribution in [0, 0.1) is 0 Å². The smallest absolute Gasteiger partial charge is 0.419 e. The van der Waals surface area contributed by atoms with Gasteiger partial charge in [-0.2, -0.15) is 13.2 Å². The van der Waals surface area contributed by atoms with Gasteiger partial charge in [0.05, 0.1) is 16.1 Å². The van der Waals surface area contributed by atoms with Crippen LogP contribution in [0.5, 0.6) is 5.75 Å². The maximum Gasteiger partial charge on any atom is 0.419 e. The molecule has 22 heavy (non-hydrogen) atoms. The molecule has 2 N–H and O–H groups in total. The van der Waals surface area contributed by atoms with E-state index in [1.54, 1.807) is 6.07 Å². The molecule has 0 spiro atoms. The quantitative estimate of drug-likeness (QED) is 0.825. The Balaban J connectivity index is 2.33. The molecule has 2 aromatic rings. The summed E-state index contributed by atoms with van der Waals surface area (Å²) in [5.74, 6) is -1.05. The molecule has 0 saturated carbocycles. The zero-order valence-corrected chi connectivity index (χ0v) is 13.1. The summed E-state index contributed by atoms with van der Waals surface area (Å²) in [5.41, 5.74) is -1.41. The van der Waals surface area contributed by atoms with Gasteiger partial charge in [-0.1, -0.05) is 22.0 Å². The van der Waals surface area contributed by atoms with E-state index in [2.05, 4.69) is 20.7 Å². The monoisotopic (exact) mass is 395 g/mol. The standard InChI is InChI=1S/C13H9BrF3NO3S/c14-8-2-1-3-10(6-8)22(20,21)18-9-4-5-11(12(19)7-9)13(15,16)17/h1-7,18-19H. The fraction of sp³-hybridized carbons (Fsp3) is 0.0769. The predicted octanol–water partition coefficient (Wildman–Crippen LogP) is 3.97. The number of sulfonamides is 1. The molecule has 0 unspecified atom stereocenters. The molecule has 0 amide bonds. The van der Waals surface area contributed by atoms with Crippen LogP contribution in [0.2, 0.25) is 0 Å². The van der Waals surface area contributed by atoms with E-state index in [9.17, 15) is 26.7 Å². The number of phenolic OH excluding ortho intramolecular Hbond substituents is 1. The van der Waals surface area contributed by atoms with Crippen molar-refractivity contribution in [2.75, 3.05) is 4.72 Å². The minimum atomic E-state index is -4.72. The van der Waals surface area contributed by atoms with E-state index >= 15 is 0 Å². The van der Waals surface area contributed by atoms with E-state index in [1.165, 1.54) is 18.2 Å². The molecular formula is C13H9BrF3NO3S. The largest absolute Gasteiger partial charge is 0.507 e. The Kier molecular flexibility index (Phi) is 4.39. The van der Waals surface area contributed by atoms with Gasteiger partial charge >= 0.3 is 6.18 Å². The van der Waals surface area contributed by atoms with Gasteiger partial charge in [-0.3, -0.25) is 4.72 Å². The lowest BCUT2D eigenvalue weighted by molar-refractivity contribution is -0.138. The minimum absolute atomic E-state index is 0.0683. The topological polar surface area (TPSA) is 66.4 Å². The Morgan fingerprint density at radius 3 is 2.32 bits per heavy atom. The third-order valence-corrected chi connectivity index (χ3v) is 4.53. The van der Waals surface area contributed by atoms with Crippen LogP contribution in [0.1, 0.15) is 5.56 Å². The first-order valence-electron chi connectivity index (χ1n) is 5.78.